The number of imidazole rings is 1. The van der Waals surface area contributed by atoms with Gasteiger partial charge in [-0.3, -0.25) is 24.5 Å². The van der Waals surface area contributed by atoms with Crippen molar-refractivity contribution >= 4 is 23.0 Å². The molecule has 1 amide bonds. The standard InChI is InChI=1S/C14H19N5O6/c1-5(2)11(23)17-14-16-10-7(12(24)18-14)15-4-19(10)13-9(22)8(21)6(3-20)25-13/h4-6,8-9,13,20-22H,3H2,1-2H3,(H2,16,17,18,23,24)/t6?,8-,9?,13?/m0/s1. The molecule has 0 aliphatic carbocycles. The smallest absolute Gasteiger partial charge is 0.280 e. The lowest BCUT2D eigenvalue weighted by Gasteiger charge is -2.16. The van der Waals surface area contributed by atoms with E-state index >= 15 is 0 Å². The summed E-state index contributed by atoms with van der Waals surface area (Å²) >= 11 is 0. The molecule has 3 heterocycles. The van der Waals surface area contributed by atoms with E-state index in [4.69, 9.17) is 4.74 Å². The minimum absolute atomic E-state index is 0.0136. The fourth-order valence-corrected chi connectivity index (χ4v) is 2.54. The third-order valence-electron chi connectivity index (χ3n) is 3.99. The van der Waals surface area contributed by atoms with Gasteiger partial charge in [-0.25, -0.2) is 4.98 Å². The Balaban J connectivity index is 2.01. The van der Waals surface area contributed by atoms with Crippen LogP contribution in [0.2, 0.25) is 0 Å². The zero-order chi connectivity index (χ0) is 18.3. The van der Waals surface area contributed by atoms with Gasteiger partial charge in [0.25, 0.3) is 5.56 Å². The first-order valence-electron chi connectivity index (χ1n) is 7.73. The second-order valence-electron chi connectivity index (χ2n) is 6.11. The van der Waals surface area contributed by atoms with Gasteiger partial charge in [0.05, 0.1) is 12.9 Å². The lowest BCUT2D eigenvalue weighted by molar-refractivity contribution is -0.118. The summed E-state index contributed by atoms with van der Waals surface area (Å²) in [5.74, 6) is -0.711. The highest BCUT2D eigenvalue weighted by Gasteiger charge is 2.44. The predicted octanol–water partition coefficient (Wildman–Crippen LogP) is -1.67. The molecule has 2 aromatic heterocycles. The largest absolute Gasteiger partial charge is 0.394 e. The molecule has 4 atom stereocenters. The first-order valence-corrected chi connectivity index (χ1v) is 7.73. The van der Waals surface area contributed by atoms with E-state index in [0.717, 1.165) is 0 Å². The Hall–Kier alpha value is -2.34. The number of nitrogens with zero attached hydrogens (tertiary/aromatic N) is 3. The Kier molecular flexibility index (Phi) is 4.56. The molecule has 0 aromatic carbocycles. The summed E-state index contributed by atoms with van der Waals surface area (Å²) in [6, 6.07) is 0. The third-order valence-corrected chi connectivity index (χ3v) is 3.99. The van der Waals surface area contributed by atoms with Crippen LogP contribution >= 0.6 is 0 Å². The summed E-state index contributed by atoms with van der Waals surface area (Å²) in [6.07, 6.45) is -3.46. The molecule has 11 nitrogen and oxygen atoms in total. The minimum Gasteiger partial charge on any atom is -0.394 e. The predicted molar refractivity (Wildman–Crippen MR) is 84.6 cm³/mol. The van der Waals surface area contributed by atoms with Gasteiger partial charge in [-0.05, 0) is 0 Å². The van der Waals surface area contributed by atoms with Gasteiger partial charge in [-0.15, -0.1) is 0 Å². The van der Waals surface area contributed by atoms with E-state index in [1.165, 1.54) is 10.9 Å². The molecule has 25 heavy (non-hydrogen) atoms. The average molecular weight is 353 g/mol. The molecular weight excluding hydrogens is 334 g/mol. The van der Waals surface area contributed by atoms with E-state index < -0.39 is 36.7 Å². The molecule has 3 rings (SSSR count). The number of nitrogens with one attached hydrogen (secondary N) is 2. The Morgan fingerprint density at radius 1 is 1.44 bits per heavy atom. The van der Waals surface area contributed by atoms with Crippen molar-refractivity contribution in [1.29, 1.82) is 0 Å². The second kappa shape index (κ2) is 6.52. The van der Waals surface area contributed by atoms with Crippen molar-refractivity contribution < 1.29 is 24.9 Å². The number of amides is 1. The molecule has 1 aliphatic rings. The van der Waals surface area contributed by atoms with Crippen molar-refractivity contribution in [3.05, 3.63) is 16.7 Å². The Morgan fingerprint density at radius 2 is 2.16 bits per heavy atom. The summed E-state index contributed by atoms with van der Waals surface area (Å²) in [5.41, 5.74) is -0.521. The second-order valence-corrected chi connectivity index (χ2v) is 6.11. The highest BCUT2D eigenvalue weighted by Crippen LogP contribution is 2.30. The molecule has 1 fully saturated rings. The van der Waals surface area contributed by atoms with Gasteiger partial charge in [0.15, 0.2) is 17.4 Å². The lowest BCUT2D eigenvalue weighted by Crippen LogP contribution is -2.33. The van der Waals surface area contributed by atoms with Crippen LogP contribution in [0.5, 0.6) is 0 Å². The number of aliphatic hydroxyl groups is 3. The number of carbonyl (C=O) groups excluding carboxylic acids is 1. The number of H-pyrrole nitrogens is 1. The molecule has 0 radical (unpaired) electrons. The van der Waals surface area contributed by atoms with Crippen LogP contribution in [0, 0.1) is 5.92 Å². The van der Waals surface area contributed by atoms with Crippen LogP contribution in [-0.2, 0) is 9.53 Å². The molecule has 2 aromatic rings. The van der Waals surface area contributed by atoms with Crippen LogP contribution < -0.4 is 10.9 Å². The molecule has 5 N–H and O–H groups in total. The van der Waals surface area contributed by atoms with Gasteiger partial charge in [0.1, 0.15) is 18.3 Å². The summed E-state index contributed by atoms with van der Waals surface area (Å²) in [6.45, 7) is 2.90. The van der Waals surface area contributed by atoms with E-state index in [9.17, 15) is 24.9 Å². The Labute approximate surface area is 141 Å². The molecule has 0 spiro atoms. The maximum Gasteiger partial charge on any atom is 0.280 e. The number of hydrogen-bond acceptors (Lipinski definition) is 8. The maximum atomic E-state index is 12.1. The summed E-state index contributed by atoms with van der Waals surface area (Å²) in [4.78, 5) is 34.4. The molecule has 0 bridgehead atoms. The normalized spacial score (nSPS) is 26.5. The first-order chi connectivity index (χ1) is 11.8. The van der Waals surface area contributed by atoms with Crippen LogP contribution in [0.25, 0.3) is 11.2 Å². The summed E-state index contributed by atoms with van der Waals surface area (Å²) in [7, 11) is 0. The van der Waals surface area contributed by atoms with Gasteiger partial charge in [0, 0.05) is 5.92 Å². The number of hydrogen-bond donors (Lipinski definition) is 5. The molecule has 1 aliphatic heterocycles. The van der Waals surface area contributed by atoms with Crippen LogP contribution in [-0.4, -0.2) is 65.7 Å². The van der Waals surface area contributed by atoms with Crippen LogP contribution in [0.1, 0.15) is 20.1 Å². The van der Waals surface area contributed by atoms with Crippen molar-refractivity contribution in [2.45, 2.75) is 38.4 Å². The van der Waals surface area contributed by atoms with E-state index in [-0.39, 0.29) is 28.9 Å². The maximum absolute atomic E-state index is 12.1. The zero-order valence-electron chi connectivity index (χ0n) is 13.6. The van der Waals surface area contributed by atoms with E-state index in [1.807, 2.05) is 0 Å². The molecule has 3 unspecified atom stereocenters. The van der Waals surface area contributed by atoms with Crippen molar-refractivity contribution in [3.8, 4) is 0 Å². The van der Waals surface area contributed by atoms with Gasteiger partial charge >= 0.3 is 0 Å². The lowest BCUT2D eigenvalue weighted by atomic mass is 10.1. The van der Waals surface area contributed by atoms with Crippen molar-refractivity contribution in [2.24, 2.45) is 5.92 Å². The van der Waals surface area contributed by atoms with Gasteiger partial charge in [-0.2, -0.15) is 4.98 Å². The number of anilines is 1. The van der Waals surface area contributed by atoms with Crippen molar-refractivity contribution in [1.82, 2.24) is 19.5 Å². The number of ether oxygens (including phenoxy) is 1. The number of aromatic amines is 1. The average Bonchev–Trinajstić information content (AvgIpc) is 3.10. The van der Waals surface area contributed by atoms with Gasteiger partial charge < -0.3 is 20.1 Å². The van der Waals surface area contributed by atoms with E-state index in [2.05, 4.69) is 20.3 Å². The van der Waals surface area contributed by atoms with E-state index in [1.54, 1.807) is 13.8 Å². The topological polar surface area (TPSA) is 163 Å². The van der Waals surface area contributed by atoms with Gasteiger partial charge in [-0.1, -0.05) is 13.8 Å². The van der Waals surface area contributed by atoms with Crippen LogP contribution in [0.3, 0.4) is 0 Å². The Bertz CT molecular complexity index is 846. The minimum atomic E-state index is -1.34. The Morgan fingerprint density at radius 3 is 2.76 bits per heavy atom. The number of carbonyl (C=O) groups is 1. The van der Waals surface area contributed by atoms with Crippen molar-refractivity contribution in [2.75, 3.05) is 11.9 Å². The SMILES string of the molecule is CC(C)C(=O)Nc1nc2c(ncn2C2OC(CO)[C@H](O)C2O)c(=O)[nH]1. The summed E-state index contributed by atoms with van der Waals surface area (Å²) in [5, 5.41) is 31.7. The number of aliphatic hydroxyl groups excluding tert-OH is 3. The van der Waals surface area contributed by atoms with Gasteiger partial charge in [0.2, 0.25) is 11.9 Å². The highest BCUT2D eigenvalue weighted by atomic mass is 16.6. The first kappa shape index (κ1) is 17.5. The highest BCUT2D eigenvalue weighted by molar-refractivity contribution is 5.91. The zero-order valence-corrected chi connectivity index (χ0v) is 13.6. The molecule has 1 saturated heterocycles. The molecule has 136 valence electrons. The number of aromatic nitrogens is 4. The summed E-state index contributed by atoms with van der Waals surface area (Å²) < 4.78 is 6.70. The number of rotatable bonds is 4. The fraction of sp³-hybridized carbons (Fsp3) is 0.571. The van der Waals surface area contributed by atoms with Crippen LogP contribution in [0.4, 0.5) is 5.95 Å². The number of fused-ring (bicyclic) bond motifs is 1. The van der Waals surface area contributed by atoms with E-state index in [0.29, 0.717) is 0 Å². The molecule has 11 heteroatoms. The third kappa shape index (κ3) is 3.02. The quantitative estimate of drug-likeness (QED) is 0.435. The fourth-order valence-electron chi connectivity index (χ4n) is 2.54. The molecule has 0 saturated carbocycles. The molecular formula is C14H19N5O6. The van der Waals surface area contributed by atoms with Crippen molar-refractivity contribution in [3.63, 3.8) is 0 Å². The monoisotopic (exact) mass is 353 g/mol. The van der Waals surface area contributed by atoms with Crippen LogP contribution in [0.15, 0.2) is 11.1 Å².